The first-order valence-electron chi connectivity index (χ1n) is 10.1. The third kappa shape index (κ3) is 6.80. The molecule has 0 radical (unpaired) electrons. The monoisotopic (exact) mass is 486 g/mol. The van der Waals surface area contributed by atoms with Crippen molar-refractivity contribution in [3.8, 4) is 11.5 Å². The van der Waals surface area contributed by atoms with Gasteiger partial charge in [0.25, 0.3) is 11.8 Å². The van der Waals surface area contributed by atoms with Gasteiger partial charge in [-0.05, 0) is 61.9 Å². The second-order valence-corrected chi connectivity index (χ2v) is 8.34. The van der Waals surface area contributed by atoms with Gasteiger partial charge in [-0.25, -0.2) is 4.79 Å². The van der Waals surface area contributed by atoms with Crippen LogP contribution in [0.5, 0.6) is 11.5 Å². The van der Waals surface area contributed by atoms with Crippen molar-refractivity contribution in [3.63, 3.8) is 0 Å². The molecule has 33 heavy (non-hydrogen) atoms. The first kappa shape index (κ1) is 24.3. The first-order valence-corrected chi connectivity index (χ1v) is 11.3. The number of amides is 2. The van der Waals surface area contributed by atoms with Crippen LogP contribution in [0.3, 0.4) is 0 Å². The quantitative estimate of drug-likeness (QED) is 0.314. The van der Waals surface area contributed by atoms with Crippen molar-refractivity contribution in [2.24, 2.45) is 0 Å². The highest BCUT2D eigenvalue weighted by Gasteiger charge is 2.22. The van der Waals surface area contributed by atoms with Crippen molar-refractivity contribution in [1.82, 2.24) is 5.32 Å². The molecule has 1 heterocycles. The number of anilines is 1. The van der Waals surface area contributed by atoms with Gasteiger partial charge in [0.05, 0.1) is 23.7 Å². The van der Waals surface area contributed by atoms with Crippen LogP contribution in [0.4, 0.5) is 5.69 Å². The van der Waals surface area contributed by atoms with E-state index in [1.54, 1.807) is 55.5 Å². The molecular formula is C23H22N2O6S2. The number of hydrogen-bond donors (Lipinski definition) is 2. The van der Waals surface area contributed by atoms with Crippen LogP contribution in [0.25, 0.3) is 6.08 Å². The zero-order valence-corrected chi connectivity index (χ0v) is 19.6. The molecule has 0 saturated carbocycles. The predicted octanol–water partition coefficient (Wildman–Crippen LogP) is 3.77. The average molecular weight is 487 g/mol. The summed E-state index contributed by atoms with van der Waals surface area (Å²) in [6.07, 6.45) is 1.71. The van der Waals surface area contributed by atoms with E-state index in [1.165, 1.54) is 11.8 Å². The average Bonchev–Trinajstić information content (AvgIpc) is 3.10. The highest BCUT2D eigenvalue weighted by Crippen LogP contribution is 2.32. The smallest absolute Gasteiger partial charge is 0.338 e. The normalized spacial score (nSPS) is 14.1. The Bertz CT molecular complexity index is 1100. The Hall–Kier alpha value is -3.37. The van der Waals surface area contributed by atoms with Crippen LogP contribution >= 0.6 is 24.0 Å². The van der Waals surface area contributed by atoms with Crippen molar-refractivity contribution in [3.05, 3.63) is 58.5 Å². The molecule has 2 N–H and O–H groups in total. The summed E-state index contributed by atoms with van der Waals surface area (Å²) in [7, 11) is 0. The summed E-state index contributed by atoms with van der Waals surface area (Å²) in [5, 5.41) is 5.27. The van der Waals surface area contributed by atoms with Gasteiger partial charge in [0, 0.05) is 5.69 Å². The molecule has 2 amide bonds. The largest absolute Gasteiger partial charge is 0.490 e. The fourth-order valence-electron chi connectivity index (χ4n) is 2.82. The summed E-state index contributed by atoms with van der Waals surface area (Å²) in [5.41, 5.74) is 1.66. The summed E-state index contributed by atoms with van der Waals surface area (Å²) >= 11 is 6.19. The molecule has 10 heteroatoms. The van der Waals surface area contributed by atoms with Crippen molar-refractivity contribution >= 4 is 57.8 Å². The first-order chi connectivity index (χ1) is 15.9. The van der Waals surface area contributed by atoms with E-state index in [0.29, 0.717) is 45.2 Å². The number of thiocarbonyl (C=S) groups is 1. The van der Waals surface area contributed by atoms with Gasteiger partial charge in [0.1, 0.15) is 4.32 Å². The van der Waals surface area contributed by atoms with E-state index >= 15 is 0 Å². The van der Waals surface area contributed by atoms with Crippen molar-refractivity contribution in [2.75, 3.05) is 25.1 Å². The van der Waals surface area contributed by atoms with Crippen LogP contribution in [-0.2, 0) is 14.3 Å². The second-order valence-electron chi connectivity index (χ2n) is 6.63. The van der Waals surface area contributed by atoms with E-state index in [0.717, 1.165) is 5.56 Å². The summed E-state index contributed by atoms with van der Waals surface area (Å²) in [6.45, 7) is 4.01. The Morgan fingerprint density at radius 3 is 2.45 bits per heavy atom. The zero-order valence-electron chi connectivity index (χ0n) is 18.0. The third-order valence-electron chi connectivity index (χ3n) is 4.25. The second kappa shape index (κ2) is 11.5. The number of thioether (sulfide) groups is 1. The van der Waals surface area contributed by atoms with Gasteiger partial charge in [0.2, 0.25) is 0 Å². The summed E-state index contributed by atoms with van der Waals surface area (Å²) in [5.74, 6) is -0.193. The molecule has 2 aromatic carbocycles. The standard InChI is InChI=1S/C23H22N2O6S2/c1-3-29-18-11-14(12-19-21(27)25-23(32)33-19)5-10-17(18)31-13-20(26)24-16-8-6-15(7-9-16)22(28)30-4-2/h5-12H,3-4,13H2,1-2H3,(H,24,26)(H,25,27,32)/b19-12-. The predicted molar refractivity (Wildman–Crippen MR) is 130 cm³/mol. The number of benzene rings is 2. The Morgan fingerprint density at radius 2 is 1.82 bits per heavy atom. The van der Waals surface area contributed by atoms with E-state index in [-0.39, 0.29) is 18.4 Å². The molecule has 172 valence electrons. The zero-order chi connectivity index (χ0) is 23.8. The fourth-order valence-corrected chi connectivity index (χ4v) is 3.86. The van der Waals surface area contributed by atoms with Crippen LogP contribution in [0, 0.1) is 0 Å². The van der Waals surface area contributed by atoms with Gasteiger partial charge in [-0.15, -0.1) is 0 Å². The van der Waals surface area contributed by atoms with E-state index in [4.69, 9.17) is 26.4 Å². The molecule has 3 rings (SSSR count). The SMILES string of the molecule is CCOC(=O)c1ccc(NC(=O)COc2ccc(/C=C3\SC(=S)NC3=O)cc2OCC)cc1. The van der Waals surface area contributed by atoms with Crippen molar-refractivity contribution in [2.45, 2.75) is 13.8 Å². The minimum Gasteiger partial charge on any atom is -0.490 e. The lowest BCUT2D eigenvalue weighted by atomic mass is 10.2. The Morgan fingerprint density at radius 1 is 1.06 bits per heavy atom. The van der Waals surface area contributed by atoms with Gasteiger partial charge in [-0.3, -0.25) is 9.59 Å². The van der Waals surface area contributed by atoms with Gasteiger partial charge in [-0.2, -0.15) is 0 Å². The van der Waals surface area contributed by atoms with E-state index in [2.05, 4.69) is 10.6 Å². The summed E-state index contributed by atoms with van der Waals surface area (Å²) < 4.78 is 16.6. The highest BCUT2D eigenvalue weighted by atomic mass is 32.2. The molecule has 0 aromatic heterocycles. The molecule has 2 aromatic rings. The third-order valence-corrected chi connectivity index (χ3v) is 5.41. The Labute approximate surface area is 200 Å². The molecule has 0 unspecified atom stereocenters. The molecule has 0 bridgehead atoms. The van der Waals surface area contributed by atoms with Crippen molar-refractivity contribution in [1.29, 1.82) is 0 Å². The molecule has 0 atom stereocenters. The van der Waals surface area contributed by atoms with Crippen LogP contribution in [0.2, 0.25) is 0 Å². The fraction of sp³-hybridized carbons (Fsp3) is 0.217. The van der Waals surface area contributed by atoms with Crippen LogP contribution in [-0.4, -0.2) is 41.9 Å². The number of ether oxygens (including phenoxy) is 3. The molecule has 1 fully saturated rings. The van der Waals surface area contributed by atoms with Crippen LogP contribution in [0.15, 0.2) is 47.4 Å². The molecular weight excluding hydrogens is 464 g/mol. The van der Waals surface area contributed by atoms with Gasteiger partial charge in [-0.1, -0.05) is 30.0 Å². The number of esters is 1. The topological polar surface area (TPSA) is 103 Å². The molecule has 0 aliphatic carbocycles. The number of carbonyl (C=O) groups excluding carboxylic acids is 3. The van der Waals surface area contributed by atoms with Gasteiger partial charge < -0.3 is 24.8 Å². The van der Waals surface area contributed by atoms with E-state index in [9.17, 15) is 14.4 Å². The summed E-state index contributed by atoms with van der Waals surface area (Å²) in [4.78, 5) is 36.4. The van der Waals surface area contributed by atoms with Crippen molar-refractivity contribution < 1.29 is 28.6 Å². The maximum atomic E-state index is 12.3. The Kier molecular flexibility index (Phi) is 8.45. The number of hydrogen-bond acceptors (Lipinski definition) is 8. The van der Waals surface area contributed by atoms with Gasteiger partial charge in [0.15, 0.2) is 18.1 Å². The van der Waals surface area contributed by atoms with Crippen LogP contribution in [0.1, 0.15) is 29.8 Å². The van der Waals surface area contributed by atoms with E-state index < -0.39 is 5.97 Å². The molecule has 1 aliphatic rings. The minimum atomic E-state index is -0.420. The molecule has 1 aliphatic heterocycles. The Balaban J connectivity index is 1.62. The maximum absolute atomic E-state index is 12.3. The van der Waals surface area contributed by atoms with Crippen LogP contribution < -0.4 is 20.1 Å². The molecule has 1 saturated heterocycles. The highest BCUT2D eigenvalue weighted by molar-refractivity contribution is 8.26. The minimum absolute atomic E-state index is 0.241. The number of rotatable bonds is 9. The molecule has 8 nitrogen and oxygen atoms in total. The van der Waals surface area contributed by atoms with Gasteiger partial charge >= 0.3 is 5.97 Å². The molecule has 0 spiro atoms. The number of nitrogens with one attached hydrogen (secondary N) is 2. The maximum Gasteiger partial charge on any atom is 0.338 e. The lowest BCUT2D eigenvalue weighted by Gasteiger charge is -2.13. The lowest BCUT2D eigenvalue weighted by molar-refractivity contribution is -0.118. The summed E-state index contributed by atoms with van der Waals surface area (Å²) in [6, 6.07) is 11.5. The lowest BCUT2D eigenvalue weighted by Crippen LogP contribution is -2.20. The number of carbonyl (C=O) groups is 3. The van der Waals surface area contributed by atoms with E-state index in [1.807, 2.05) is 6.92 Å².